The van der Waals surface area contributed by atoms with E-state index in [1.807, 2.05) is 24.3 Å². The highest BCUT2D eigenvalue weighted by Gasteiger charge is 2.36. The molecule has 1 aromatic carbocycles. The van der Waals surface area contributed by atoms with Crippen LogP contribution < -0.4 is 10.2 Å². The molecule has 0 radical (unpaired) electrons. The van der Waals surface area contributed by atoms with Gasteiger partial charge in [-0.2, -0.15) is 0 Å². The van der Waals surface area contributed by atoms with Crippen LogP contribution in [-0.2, 0) is 20.9 Å². The smallest absolute Gasteiger partial charge is 0.331 e. The summed E-state index contributed by atoms with van der Waals surface area (Å²) in [4.78, 5) is 40.1. The Labute approximate surface area is 161 Å². The van der Waals surface area contributed by atoms with E-state index in [2.05, 4.69) is 10.2 Å². The first-order chi connectivity index (χ1) is 13.6. The number of hydrogen-bond donors (Lipinski definition) is 1. The van der Waals surface area contributed by atoms with E-state index in [-0.39, 0.29) is 12.1 Å². The van der Waals surface area contributed by atoms with Gasteiger partial charge in [0.1, 0.15) is 11.3 Å². The fourth-order valence-electron chi connectivity index (χ4n) is 3.17. The Morgan fingerprint density at radius 1 is 1.04 bits per heavy atom. The summed E-state index contributed by atoms with van der Waals surface area (Å²) in [6.45, 7) is 2.99. The zero-order valence-electron chi connectivity index (χ0n) is 15.1. The van der Waals surface area contributed by atoms with Crippen molar-refractivity contribution < 1.29 is 23.5 Å². The Hall–Kier alpha value is -3.39. The number of hydrogen-bond acceptors (Lipinski definition) is 6. The minimum absolute atomic E-state index is 0.0434. The summed E-state index contributed by atoms with van der Waals surface area (Å²) in [7, 11) is 0. The van der Waals surface area contributed by atoms with Gasteiger partial charge in [-0.05, 0) is 35.9 Å². The molecule has 8 nitrogen and oxygen atoms in total. The molecule has 2 aromatic rings. The van der Waals surface area contributed by atoms with Crippen LogP contribution >= 0.6 is 0 Å². The lowest BCUT2D eigenvalue weighted by molar-refractivity contribution is -0.130. The van der Waals surface area contributed by atoms with E-state index in [0.717, 1.165) is 23.7 Å². The molecule has 8 heteroatoms. The number of nitrogens with one attached hydrogen (secondary N) is 1. The van der Waals surface area contributed by atoms with Gasteiger partial charge in [0.15, 0.2) is 0 Å². The van der Waals surface area contributed by atoms with E-state index in [1.54, 1.807) is 12.1 Å². The van der Waals surface area contributed by atoms with E-state index in [1.165, 1.54) is 12.3 Å². The standard InChI is InChI=1S/C20H19N3O5/c24-18-17(19(25)23(20(26)21-18)13-16-2-1-9-28-16)12-14-3-5-15(6-4-14)22-7-10-27-11-8-22/h1-6,9,12H,7-8,10-11,13H2,(H,21,24,26)/b17-12+. The summed E-state index contributed by atoms with van der Waals surface area (Å²) in [6.07, 6.45) is 2.95. The first-order valence-electron chi connectivity index (χ1n) is 8.96. The largest absolute Gasteiger partial charge is 0.467 e. The average Bonchev–Trinajstić information content (AvgIpc) is 3.23. The van der Waals surface area contributed by atoms with Crippen LogP contribution in [0.2, 0.25) is 0 Å². The van der Waals surface area contributed by atoms with Crippen molar-refractivity contribution in [1.82, 2.24) is 10.2 Å². The van der Waals surface area contributed by atoms with E-state index in [0.29, 0.717) is 24.5 Å². The predicted molar refractivity (Wildman–Crippen MR) is 100 cm³/mol. The first-order valence-corrected chi connectivity index (χ1v) is 8.96. The predicted octanol–water partition coefficient (Wildman–Crippen LogP) is 1.78. The summed E-state index contributed by atoms with van der Waals surface area (Å²) < 4.78 is 10.5. The summed E-state index contributed by atoms with van der Waals surface area (Å²) in [6, 6.07) is 10.1. The highest BCUT2D eigenvalue weighted by atomic mass is 16.5. The summed E-state index contributed by atoms with van der Waals surface area (Å²) in [5.74, 6) is -0.905. The molecule has 4 amide bonds. The number of anilines is 1. The second-order valence-corrected chi connectivity index (χ2v) is 6.48. The minimum atomic E-state index is -0.758. The molecule has 28 heavy (non-hydrogen) atoms. The molecule has 0 unspecified atom stereocenters. The lowest BCUT2D eigenvalue weighted by atomic mass is 10.1. The third kappa shape index (κ3) is 3.67. The van der Waals surface area contributed by atoms with Gasteiger partial charge in [0.2, 0.25) is 0 Å². The molecule has 1 N–H and O–H groups in total. The lowest BCUT2D eigenvalue weighted by Gasteiger charge is -2.29. The van der Waals surface area contributed by atoms with Crippen LogP contribution in [-0.4, -0.2) is 49.0 Å². The van der Waals surface area contributed by atoms with E-state index in [4.69, 9.17) is 9.15 Å². The third-order valence-corrected chi connectivity index (χ3v) is 4.66. The van der Waals surface area contributed by atoms with E-state index < -0.39 is 17.8 Å². The number of furan rings is 1. The summed E-state index contributed by atoms with van der Waals surface area (Å²) in [5.41, 5.74) is 1.66. The molecular weight excluding hydrogens is 362 g/mol. The van der Waals surface area contributed by atoms with E-state index >= 15 is 0 Å². The number of amides is 4. The first kappa shape index (κ1) is 18.0. The van der Waals surface area contributed by atoms with Gasteiger partial charge in [-0.1, -0.05) is 12.1 Å². The highest BCUT2D eigenvalue weighted by Crippen LogP contribution is 2.20. The van der Waals surface area contributed by atoms with Crippen molar-refractivity contribution in [2.24, 2.45) is 0 Å². The number of nitrogens with zero attached hydrogens (tertiary/aromatic N) is 2. The van der Waals surface area contributed by atoms with Crippen LogP contribution in [0, 0.1) is 0 Å². The molecule has 0 bridgehead atoms. The summed E-state index contributed by atoms with van der Waals surface area (Å²) in [5, 5.41) is 2.20. The Balaban J connectivity index is 1.54. The Kier molecular flexibility index (Phi) is 4.94. The fraction of sp³-hybridized carbons (Fsp3) is 0.250. The normalized spacial score (nSPS) is 19.3. The maximum atomic E-state index is 12.7. The van der Waals surface area contributed by atoms with Gasteiger partial charge < -0.3 is 14.1 Å². The molecule has 0 aliphatic carbocycles. The Morgan fingerprint density at radius 2 is 1.79 bits per heavy atom. The number of morpholine rings is 1. The van der Waals surface area contributed by atoms with Crippen molar-refractivity contribution in [3.8, 4) is 0 Å². The second-order valence-electron chi connectivity index (χ2n) is 6.48. The van der Waals surface area contributed by atoms with Gasteiger partial charge in [0, 0.05) is 18.8 Å². The van der Waals surface area contributed by atoms with Gasteiger partial charge in [-0.25, -0.2) is 4.79 Å². The molecule has 2 aliphatic rings. The Bertz CT molecular complexity index is 912. The SMILES string of the molecule is O=C1NC(=O)N(Cc2ccco2)C(=O)/C1=C/c1ccc(N2CCOCC2)cc1. The van der Waals surface area contributed by atoms with Gasteiger partial charge in [-0.3, -0.25) is 19.8 Å². The number of carbonyl (C=O) groups excluding carboxylic acids is 3. The van der Waals surface area contributed by atoms with Gasteiger partial charge >= 0.3 is 6.03 Å². The second kappa shape index (κ2) is 7.69. The molecule has 144 valence electrons. The van der Waals surface area contributed by atoms with Crippen molar-refractivity contribution in [2.45, 2.75) is 6.54 Å². The van der Waals surface area contributed by atoms with Crippen LogP contribution in [0.1, 0.15) is 11.3 Å². The molecule has 2 aliphatic heterocycles. The summed E-state index contributed by atoms with van der Waals surface area (Å²) >= 11 is 0. The fourth-order valence-corrected chi connectivity index (χ4v) is 3.17. The monoisotopic (exact) mass is 381 g/mol. The van der Waals surface area contributed by atoms with Crippen LogP contribution in [0.4, 0.5) is 10.5 Å². The molecule has 3 heterocycles. The number of ether oxygens (including phenoxy) is 1. The van der Waals surface area contributed by atoms with Gasteiger partial charge in [0.05, 0.1) is 26.0 Å². The maximum Gasteiger partial charge on any atom is 0.331 e. The zero-order valence-corrected chi connectivity index (χ0v) is 15.1. The highest BCUT2D eigenvalue weighted by molar-refractivity contribution is 6.30. The van der Waals surface area contributed by atoms with Crippen molar-refractivity contribution in [2.75, 3.05) is 31.2 Å². The molecule has 2 saturated heterocycles. The number of carbonyl (C=O) groups is 3. The number of benzene rings is 1. The molecule has 0 spiro atoms. The number of urea groups is 1. The minimum Gasteiger partial charge on any atom is -0.467 e. The van der Waals surface area contributed by atoms with Gasteiger partial charge in [0.25, 0.3) is 11.8 Å². The molecule has 0 atom stereocenters. The van der Waals surface area contributed by atoms with Crippen LogP contribution in [0.3, 0.4) is 0 Å². The molecular formula is C20H19N3O5. The zero-order chi connectivity index (χ0) is 19.5. The van der Waals surface area contributed by atoms with Crippen LogP contribution in [0.25, 0.3) is 6.08 Å². The number of imide groups is 2. The van der Waals surface area contributed by atoms with Crippen molar-refractivity contribution in [1.29, 1.82) is 0 Å². The number of rotatable bonds is 4. The third-order valence-electron chi connectivity index (χ3n) is 4.66. The molecule has 1 aromatic heterocycles. The maximum absolute atomic E-state index is 12.7. The number of barbiturate groups is 1. The quantitative estimate of drug-likeness (QED) is 0.641. The lowest BCUT2D eigenvalue weighted by Crippen LogP contribution is -2.53. The van der Waals surface area contributed by atoms with Crippen molar-refractivity contribution in [3.63, 3.8) is 0 Å². The Morgan fingerprint density at radius 3 is 2.46 bits per heavy atom. The van der Waals surface area contributed by atoms with Crippen molar-refractivity contribution in [3.05, 3.63) is 59.6 Å². The topological polar surface area (TPSA) is 92.1 Å². The van der Waals surface area contributed by atoms with Crippen molar-refractivity contribution >= 4 is 29.6 Å². The molecule has 4 rings (SSSR count). The van der Waals surface area contributed by atoms with E-state index in [9.17, 15) is 14.4 Å². The van der Waals surface area contributed by atoms with Gasteiger partial charge in [-0.15, -0.1) is 0 Å². The molecule has 0 saturated carbocycles. The van der Waals surface area contributed by atoms with Crippen LogP contribution in [0.5, 0.6) is 0 Å². The average molecular weight is 381 g/mol. The molecule has 2 fully saturated rings. The van der Waals surface area contributed by atoms with Crippen LogP contribution in [0.15, 0.2) is 52.7 Å².